The summed E-state index contributed by atoms with van der Waals surface area (Å²) in [6.45, 7) is 1.72. The maximum Gasteiger partial charge on any atom is 0.359 e. The van der Waals surface area contributed by atoms with Gasteiger partial charge in [-0.1, -0.05) is 11.6 Å². The molecule has 2 heterocycles. The second kappa shape index (κ2) is 6.09. The average molecular weight is 347 g/mol. The van der Waals surface area contributed by atoms with Crippen LogP contribution in [0.5, 0.6) is 0 Å². The molecule has 0 saturated carbocycles. The molecule has 2 aromatic heterocycles. The highest BCUT2D eigenvalue weighted by Crippen LogP contribution is 2.24. The molecule has 0 aliphatic heterocycles. The molecule has 1 unspecified atom stereocenters. The van der Waals surface area contributed by atoms with E-state index in [2.05, 4.69) is 10.1 Å². The SMILES string of the molecule is CC(OC(=O)c1ccc(=O)n(C)n1)c1nc2cc(Cl)ccc2n1C. The number of nitrogens with zero attached hydrogens (tertiary/aromatic N) is 4. The van der Waals surface area contributed by atoms with Gasteiger partial charge in [0.05, 0.1) is 11.0 Å². The maximum atomic E-state index is 12.2. The van der Waals surface area contributed by atoms with Gasteiger partial charge in [-0.2, -0.15) is 5.10 Å². The first kappa shape index (κ1) is 16.2. The first-order valence-electron chi connectivity index (χ1n) is 7.24. The van der Waals surface area contributed by atoms with Crippen molar-refractivity contribution < 1.29 is 9.53 Å². The number of halogens is 1. The molecule has 0 amide bonds. The maximum absolute atomic E-state index is 12.2. The number of hydrogen-bond donors (Lipinski definition) is 0. The van der Waals surface area contributed by atoms with Gasteiger partial charge in [0.15, 0.2) is 17.6 Å². The number of fused-ring (bicyclic) bond motifs is 1. The van der Waals surface area contributed by atoms with Crippen LogP contribution in [0.1, 0.15) is 29.3 Å². The zero-order chi connectivity index (χ0) is 17.4. The molecule has 0 spiro atoms. The van der Waals surface area contributed by atoms with Gasteiger partial charge in [-0.05, 0) is 31.2 Å². The second-order valence-electron chi connectivity index (χ2n) is 5.39. The van der Waals surface area contributed by atoms with Gasteiger partial charge >= 0.3 is 5.97 Å². The Labute approximate surface area is 142 Å². The Morgan fingerprint density at radius 2 is 2.00 bits per heavy atom. The van der Waals surface area contributed by atoms with E-state index < -0.39 is 12.1 Å². The number of carbonyl (C=O) groups excluding carboxylic acids is 1. The van der Waals surface area contributed by atoms with Crippen molar-refractivity contribution in [3.05, 3.63) is 57.2 Å². The fraction of sp³-hybridized carbons (Fsp3) is 0.250. The summed E-state index contributed by atoms with van der Waals surface area (Å²) in [4.78, 5) is 28.0. The van der Waals surface area contributed by atoms with Crippen molar-refractivity contribution in [1.29, 1.82) is 0 Å². The third-order valence-electron chi connectivity index (χ3n) is 3.69. The van der Waals surface area contributed by atoms with Gasteiger partial charge in [0.2, 0.25) is 0 Å². The van der Waals surface area contributed by atoms with Gasteiger partial charge in [-0.15, -0.1) is 0 Å². The topological polar surface area (TPSA) is 79.0 Å². The Morgan fingerprint density at radius 1 is 1.25 bits per heavy atom. The number of ether oxygens (including phenoxy) is 1. The minimum Gasteiger partial charge on any atom is -0.450 e. The fourth-order valence-corrected chi connectivity index (χ4v) is 2.61. The van der Waals surface area contributed by atoms with E-state index in [4.69, 9.17) is 16.3 Å². The molecule has 124 valence electrons. The number of benzene rings is 1. The number of esters is 1. The van der Waals surface area contributed by atoms with Gasteiger partial charge in [-0.3, -0.25) is 4.79 Å². The quantitative estimate of drug-likeness (QED) is 0.679. The van der Waals surface area contributed by atoms with Crippen LogP contribution in [0.2, 0.25) is 5.02 Å². The van der Waals surface area contributed by atoms with Crippen LogP contribution in [-0.4, -0.2) is 25.3 Å². The molecule has 0 N–H and O–H groups in total. The van der Waals surface area contributed by atoms with E-state index in [1.807, 2.05) is 17.7 Å². The lowest BCUT2D eigenvalue weighted by atomic mass is 10.3. The summed E-state index contributed by atoms with van der Waals surface area (Å²) in [5, 5.41) is 4.47. The molecule has 0 saturated heterocycles. The number of hydrogen-bond acceptors (Lipinski definition) is 5. The molecule has 24 heavy (non-hydrogen) atoms. The van der Waals surface area contributed by atoms with Crippen molar-refractivity contribution >= 4 is 28.6 Å². The van der Waals surface area contributed by atoms with E-state index in [1.165, 1.54) is 19.2 Å². The first-order chi connectivity index (χ1) is 11.4. The molecule has 3 rings (SSSR count). The third-order valence-corrected chi connectivity index (χ3v) is 3.93. The lowest BCUT2D eigenvalue weighted by molar-refractivity contribution is 0.0305. The molecule has 1 atom stereocenters. The van der Waals surface area contributed by atoms with Gasteiger partial charge < -0.3 is 9.30 Å². The van der Waals surface area contributed by atoms with E-state index in [0.29, 0.717) is 10.8 Å². The second-order valence-corrected chi connectivity index (χ2v) is 5.83. The molecule has 0 aliphatic rings. The fourth-order valence-electron chi connectivity index (χ4n) is 2.44. The van der Waals surface area contributed by atoms with Gasteiger partial charge in [0.1, 0.15) is 0 Å². The van der Waals surface area contributed by atoms with Crippen LogP contribution in [0, 0.1) is 0 Å². The normalized spacial score (nSPS) is 12.3. The molecule has 1 aromatic carbocycles. The highest BCUT2D eigenvalue weighted by molar-refractivity contribution is 6.31. The van der Waals surface area contributed by atoms with Crippen LogP contribution in [-0.2, 0) is 18.8 Å². The number of rotatable bonds is 3. The van der Waals surface area contributed by atoms with E-state index in [1.54, 1.807) is 19.1 Å². The minimum absolute atomic E-state index is 0.0609. The largest absolute Gasteiger partial charge is 0.450 e. The number of imidazole rings is 1. The lowest BCUT2D eigenvalue weighted by Crippen LogP contribution is -2.22. The number of aromatic nitrogens is 4. The molecular weight excluding hydrogens is 332 g/mol. The summed E-state index contributed by atoms with van der Waals surface area (Å²) in [6.07, 6.45) is -0.590. The van der Waals surface area contributed by atoms with Crippen molar-refractivity contribution in [2.75, 3.05) is 0 Å². The van der Waals surface area contributed by atoms with Gasteiger partial charge in [-0.25, -0.2) is 14.5 Å². The van der Waals surface area contributed by atoms with Crippen LogP contribution in [0.25, 0.3) is 11.0 Å². The van der Waals surface area contributed by atoms with E-state index in [9.17, 15) is 9.59 Å². The van der Waals surface area contributed by atoms with Gasteiger partial charge in [0.25, 0.3) is 5.56 Å². The summed E-state index contributed by atoms with van der Waals surface area (Å²) in [7, 11) is 3.31. The smallest absolute Gasteiger partial charge is 0.359 e. The number of carbonyl (C=O) groups is 1. The highest BCUT2D eigenvalue weighted by atomic mass is 35.5. The Balaban J connectivity index is 1.87. The third kappa shape index (κ3) is 2.90. The lowest BCUT2D eigenvalue weighted by Gasteiger charge is -2.13. The minimum atomic E-state index is -0.622. The molecule has 0 bridgehead atoms. The zero-order valence-corrected chi connectivity index (χ0v) is 14.1. The molecule has 0 fully saturated rings. The first-order valence-corrected chi connectivity index (χ1v) is 7.62. The molecule has 8 heteroatoms. The monoisotopic (exact) mass is 346 g/mol. The highest BCUT2D eigenvalue weighted by Gasteiger charge is 2.20. The standard InChI is InChI=1S/C16H15ClN4O3/c1-9(24-16(23)11-5-7-14(22)21(3)19-11)15-18-12-8-10(17)4-6-13(12)20(15)2/h4-9H,1-3H3. The predicted octanol–water partition coefficient (Wildman–Crippen LogP) is 2.24. The summed E-state index contributed by atoms with van der Waals surface area (Å²) in [5.41, 5.74) is 1.37. The molecule has 0 radical (unpaired) electrons. The average Bonchev–Trinajstić information content (AvgIpc) is 2.86. The predicted molar refractivity (Wildman–Crippen MR) is 89.0 cm³/mol. The van der Waals surface area contributed by atoms with Crippen molar-refractivity contribution in [2.24, 2.45) is 14.1 Å². The Morgan fingerprint density at radius 3 is 2.71 bits per heavy atom. The van der Waals surface area contributed by atoms with Crippen molar-refractivity contribution in [2.45, 2.75) is 13.0 Å². The Hall–Kier alpha value is -2.67. The molecule has 7 nitrogen and oxygen atoms in total. The van der Waals surface area contributed by atoms with E-state index in [0.717, 1.165) is 15.7 Å². The van der Waals surface area contributed by atoms with Crippen LogP contribution in [0.3, 0.4) is 0 Å². The summed E-state index contributed by atoms with van der Waals surface area (Å²) in [5.74, 6) is -0.0337. The van der Waals surface area contributed by atoms with Crippen LogP contribution in [0.15, 0.2) is 35.1 Å². The van der Waals surface area contributed by atoms with E-state index in [-0.39, 0.29) is 11.3 Å². The Kier molecular flexibility index (Phi) is 4.11. The molecular formula is C16H15ClN4O3. The van der Waals surface area contributed by atoms with Crippen molar-refractivity contribution in [1.82, 2.24) is 19.3 Å². The molecule has 3 aromatic rings. The van der Waals surface area contributed by atoms with E-state index >= 15 is 0 Å². The zero-order valence-electron chi connectivity index (χ0n) is 13.4. The summed E-state index contributed by atoms with van der Waals surface area (Å²) in [6, 6.07) is 8.00. The molecule has 0 aliphatic carbocycles. The van der Waals surface area contributed by atoms with Crippen LogP contribution in [0.4, 0.5) is 0 Å². The summed E-state index contributed by atoms with van der Waals surface area (Å²) < 4.78 is 8.35. The summed E-state index contributed by atoms with van der Waals surface area (Å²) >= 11 is 5.98. The van der Waals surface area contributed by atoms with Crippen molar-refractivity contribution in [3.63, 3.8) is 0 Å². The van der Waals surface area contributed by atoms with Crippen LogP contribution < -0.4 is 5.56 Å². The number of aryl methyl sites for hydroxylation is 2. The van der Waals surface area contributed by atoms with Gasteiger partial charge in [0, 0.05) is 25.2 Å². The Bertz CT molecular complexity index is 993. The van der Waals surface area contributed by atoms with Crippen molar-refractivity contribution in [3.8, 4) is 0 Å². The van der Waals surface area contributed by atoms with Crippen LogP contribution >= 0.6 is 11.6 Å².